The van der Waals surface area contributed by atoms with Crippen molar-refractivity contribution >= 4 is 26.3 Å². The topological polar surface area (TPSA) is 60.2 Å². The fourth-order valence-corrected chi connectivity index (χ4v) is 1.85. The lowest BCUT2D eigenvalue weighted by atomic mass is 10.0. The molecule has 4 nitrogen and oxygen atoms in total. The Balaban J connectivity index is 3.10. The van der Waals surface area contributed by atoms with Gasteiger partial charge in [-0.2, -0.15) is 0 Å². The van der Waals surface area contributed by atoms with Crippen molar-refractivity contribution in [3.63, 3.8) is 0 Å². The first kappa shape index (κ1) is 12.8. The Hall–Kier alpha value is -1.23. The van der Waals surface area contributed by atoms with Crippen LogP contribution in [0.1, 0.15) is 35.7 Å². The number of hydrogen-bond donors (Lipinski definition) is 0. The number of nitro benzene ring substituents is 1. The van der Waals surface area contributed by atoms with Crippen LogP contribution < -0.4 is 0 Å². The first-order valence-corrected chi connectivity index (χ1v) is 5.82. The van der Waals surface area contributed by atoms with E-state index in [9.17, 15) is 14.9 Å². The Labute approximate surface area is 102 Å². The predicted octanol–water partition coefficient (Wildman–Crippen LogP) is 3.47. The lowest BCUT2D eigenvalue weighted by molar-refractivity contribution is -0.384. The standard InChI is InChI=1S/C11H12BrNO3/c1-2-3-4-8-7-9(13(15)16)5-6-10(8)11(12)14/h5-7H,2-4H2,1H3. The quantitative estimate of drug-likeness (QED) is 0.473. The molecule has 0 atom stereocenters. The Morgan fingerprint density at radius 2 is 2.19 bits per heavy atom. The van der Waals surface area contributed by atoms with Crippen molar-refractivity contribution in [2.24, 2.45) is 0 Å². The van der Waals surface area contributed by atoms with Crippen LogP contribution in [0, 0.1) is 10.1 Å². The minimum Gasteiger partial charge on any atom is -0.281 e. The Morgan fingerprint density at radius 3 is 2.69 bits per heavy atom. The summed E-state index contributed by atoms with van der Waals surface area (Å²) in [7, 11) is 0. The molecule has 0 amide bonds. The molecule has 1 aromatic carbocycles. The fourth-order valence-electron chi connectivity index (χ4n) is 1.46. The van der Waals surface area contributed by atoms with Crippen molar-refractivity contribution in [1.29, 1.82) is 0 Å². The minimum atomic E-state index is -0.446. The van der Waals surface area contributed by atoms with Crippen molar-refractivity contribution in [1.82, 2.24) is 0 Å². The summed E-state index contributed by atoms with van der Waals surface area (Å²) in [4.78, 5) is 21.4. The molecule has 0 radical (unpaired) electrons. The van der Waals surface area contributed by atoms with E-state index in [2.05, 4.69) is 15.9 Å². The summed E-state index contributed by atoms with van der Waals surface area (Å²) in [5.41, 5.74) is 1.28. The summed E-state index contributed by atoms with van der Waals surface area (Å²) in [6.45, 7) is 2.03. The van der Waals surface area contributed by atoms with Crippen LogP contribution in [0.4, 0.5) is 5.69 Å². The van der Waals surface area contributed by atoms with E-state index in [0.29, 0.717) is 12.0 Å². The van der Waals surface area contributed by atoms with Gasteiger partial charge in [0.05, 0.1) is 4.92 Å². The highest BCUT2D eigenvalue weighted by atomic mass is 79.9. The zero-order valence-electron chi connectivity index (χ0n) is 8.90. The normalized spacial score (nSPS) is 10.1. The minimum absolute atomic E-state index is 0.0311. The first-order valence-electron chi connectivity index (χ1n) is 5.03. The summed E-state index contributed by atoms with van der Waals surface area (Å²) in [5.74, 6) is 0. The molecule has 1 rings (SSSR count). The zero-order valence-corrected chi connectivity index (χ0v) is 10.5. The monoisotopic (exact) mass is 285 g/mol. The molecule has 0 spiro atoms. The molecule has 0 bridgehead atoms. The van der Waals surface area contributed by atoms with E-state index in [1.807, 2.05) is 6.92 Å². The Bertz CT molecular complexity index is 418. The van der Waals surface area contributed by atoms with E-state index >= 15 is 0 Å². The number of benzene rings is 1. The molecule has 0 unspecified atom stereocenters. The van der Waals surface area contributed by atoms with Gasteiger partial charge < -0.3 is 0 Å². The average molecular weight is 286 g/mol. The van der Waals surface area contributed by atoms with Gasteiger partial charge in [0.25, 0.3) is 5.69 Å². The number of unbranched alkanes of at least 4 members (excludes halogenated alkanes) is 1. The van der Waals surface area contributed by atoms with Gasteiger partial charge in [-0.05, 0) is 40.4 Å². The maximum atomic E-state index is 11.3. The fraction of sp³-hybridized carbons (Fsp3) is 0.364. The highest BCUT2D eigenvalue weighted by Crippen LogP contribution is 2.21. The van der Waals surface area contributed by atoms with Crippen LogP contribution in [0.25, 0.3) is 0 Å². The molecule has 16 heavy (non-hydrogen) atoms. The predicted molar refractivity (Wildman–Crippen MR) is 65.0 cm³/mol. The van der Waals surface area contributed by atoms with Gasteiger partial charge in [-0.3, -0.25) is 14.9 Å². The van der Waals surface area contributed by atoms with Crippen LogP contribution in [0.5, 0.6) is 0 Å². The smallest absolute Gasteiger partial charge is 0.269 e. The van der Waals surface area contributed by atoms with Crippen LogP contribution in [-0.4, -0.2) is 9.62 Å². The third kappa shape index (κ3) is 3.13. The molecule has 0 aliphatic carbocycles. The van der Waals surface area contributed by atoms with Gasteiger partial charge in [0.2, 0.25) is 4.69 Å². The number of nitro groups is 1. The molecule has 1 aromatic rings. The van der Waals surface area contributed by atoms with E-state index in [4.69, 9.17) is 0 Å². The van der Waals surface area contributed by atoms with Gasteiger partial charge >= 0.3 is 0 Å². The summed E-state index contributed by atoms with van der Waals surface area (Å²) < 4.78 is -0.228. The van der Waals surface area contributed by atoms with Crippen molar-refractivity contribution in [3.8, 4) is 0 Å². The molecule has 0 aliphatic heterocycles. The molecular formula is C11H12BrNO3. The third-order valence-corrected chi connectivity index (χ3v) is 2.74. The molecule has 0 fully saturated rings. The second-order valence-corrected chi connectivity index (χ2v) is 4.20. The second kappa shape index (κ2) is 5.75. The zero-order chi connectivity index (χ0) is 12.1. The number of halogens is 1. The number of carbonyl (C=O) groups excluding carboxylic acids is 1. The SMILES string of the molecule is CCCCc1cc([N+](=O)[O-])ccc1C(=O)Br. The molecule has 86 valence electrons. The molecule has 0 heterocycles. The highest BCUT2D eigenvalue weighted by Gasteiger charge is 2.13. The molecule has 0 N–H and O–H groups in total. The van der Waals surface area contributed by atoms with Gasteiger partial charge in [-0.15, -0.1) is 0 Å². The van der Waals surface area contributed by atoms with Gasteiger partial charge in [0.15, 0.2) is 0 Å². The van der Waals surface area contributed by atoms with E-state index in [1.165, 1.54) is 18.2 Å². The number of nitrogens with zero attached hydrogens (tertiary/aromatic N) is 1. The second-order valence-electron chi connectivity index (χ2n) is 3.48. The van der Waals surface area contributed by atoms with Crippen molar-refractivity contribution in [3.05, 3.63) is 39.4 Å². The first-order chi connectivity index (χ1) is 7.56. The highest BCUT2D eigenvalue weighted by molar-refractivity contribution is 9.18. The van der Waals surface area contributed by atoms with Crippen LogP contribution in [0.2, 0.25) is 0 Å². The summed E-state index contributed by atoms with van der Waals surface area (Å²) in [6.07, 6.45) is 2.58. The van der Waals surface area contributed by atoms with Crippen LogP contribution in [-0.2, 0) is 6.42 Å². The maximum Gasteiger partial charge on any atom is 0.269 e. The number of carbonyl (C=O) groups is 1. The van der Waals surface area contributed by atoms with Crippen LogP contribution in [0.15, 0.2) is 18.2 Å². The van der Waals surface area contributed by atoms with Crippen molar-refractivity contribution in [2.75, 3.05) is 0 Å². The van der Waals surface area contributed by atoms with Gasteiger partial charge in [0.1, 0.15) is 0 Å². The molecule has 0 saturated carbocycles. The average Bonchev–Trinajstić information content (AvgIpc) is 2.25. The van der Waals surface area contributed by atoms with Crippen molar-refractivity contribution < 1.29 is 9.72 Å². The molecule has 0 saturated heterocycles. The maximum absolute atomic E-state index is 11.3. The third-order valence-electron chi connectivity index (χ3n) is 2.31. The molecular weight excluding hydrogens is 274 g/mol. The summed E-state index contributed by atoms with van der Waals surface area (Å²) >= 11 is 2.88. The van der Waals surface area contributed by atoms with E-state index in [1.54, 1.807) is 0 Å². The largest absolute Gasteiger partial charge is 0.281 e. The van der Waals surface area contributed by atoms with Crippen LogP contribution in [0.3, 0.4) is 0 Å². The lowest BCUT2D eigenvalue weighted by Crippen LogP contribution is -1.99. The molecule has 0 aliphatic rings. The van der Waals surface area contributed by atoms with Gasteiger partial charge in [-0.1, -0.05) is 13.3 Å². The molecule has 5 heteroatoms. The van der Waals surface area contributed by atoms with E-state index in [-0.39, 0.29) is 10.4 Å². The molecule has 0 aromatic heterocycles. The Kier molecular flexibility index (Phi) is 4.61. The van der Waals surface area contributed by atoms with E-state index < -0.39 is 4.92 Å². The Morgan fingerprint density at radius 1 is 1.50 bits per heavy atom. The summed E-state index contributed by atoms with van der Waals surface area (Å²) in [5, 5.41) is 10.6. The lowest BCUT2D eigenvalue weighted by Gasteiger charge is -2.05. The van der Waals surface area contributed by atoms with Gasteiger partial charge in [-0.25, -0.2) is 0 Å². The number of non-ortho nitro benzene ring substituents is 1. The van der Waals surface area contributed by atoms with E-state index in [0.717, 1.165) is 18.4 Å². The van der Waals surface area contributed by atoms with Crippen molar-refractivity contribution in [2.45, 2.75) is 26.2 Å². The summed E-state index contributed by atoms with van der Waals surface area (Å²) in [6, 6.07) is 4.33. The van der Waals surface area contributed by atoms with Crippen LogP contribution >= 0.6 is 15.9 Å². The number of aryl methyl sites for hydroxylation is 1. The number of rotatable bonds is 5. The number of hydrogen-bond acceptors (Lipinski definition) is 3. The van der Waals surface area contributed by atoms with Gasteiger partial charge in [0, 0.05) is 17.7 Å².